The summed E-state index contributed by atoms with van der Waals surface area (Å²) in [5.74, 6) is 0.136. The van der Waals surface area contributed by atoms with Gasteiger partial charge >= 0.3 is 0 Å². The molecule has 1 heterocycles. The molecule has 0 saturated carbocycles. The monoisotopic (exact) mass is 470 g/mol. The van der Waals surface area contributed by atoms with Crippen molar-refractivity contribution in [3.05, 3.63) is 18.2 Å². The van der Waals surface area contributed by atoms with Gasteiger partial charge in [-0.2, -0.15) is 4.31 Å². The summed E-state index contributed by atoms with van der Waals surface area (Å²) in [5.41, 5.74) is 0.448. The van der Waals surface area contributed by atoms with Gasteiger partial charge < -0.3 is 15.4 Å². The number of hydrogen-bond acceptors (Lipinski definition) is 6. The SMILES string of the molecule is CCOc1ccc(NC(=O)CN2CCNCC2)cc1S(=O)(=O)N(CC)CC.Cl.Cl. The molecular weight excluding hydrogens is 439 g/mol. The Labute approximate surface area is 186 Å². The van der Waals surface area contributed by atoms with Gasteiger partial charge in [0.25, 0.3) is 0 Å². The number of halogens is 2. The average Bonchev–Trinajstić information content (AvgIpc) is 2.64. The minimum absolute atomic E-state index is 0. The molecule has 1 aromatic rings. The van der Waals surface area contributed by atoms with Crippen molar-refractivity contribution in [2.24, 2.45) is 0 Å². The molecule has 1 amide bonds. The standard InChI is InChI=1S/C18H30N4O4S.2ClH/c1-4-22(5-2)27(24,25)17-13-15(7-8-16(17)26-6-3)20-18(23)14-21-11-9-19-10-12-21;;/h7-8,13,19H,4-6,9-12,14H2,1-3H3,(H,20,23);2*1H. The molecule has 1 aliphatic rings. The first-order valence-electron chi connectivity index (χ1n) is 9.42. The third-order valence-electron chi connectivity index (χ3n) is 4.43. The van der Waals surface area contributed by atoms with Crippen LogP contribution >= 0.6 is 24.8 Å². The lowest BCUT2D eigenvalue weighted by atomic mass is 10.3. The first-order valence-corrected chi connectivity index (χ1v) is 10.9. The maximum absolute atomic E-state index is 13.0. The molecule has 8 nitrogen and oxygen atoms in total. The first-order chi connectivity index (χ1) is 12.9. The summed E-state index contributed by atoms with van der Waals surface area (Å²) >= 11 is 0. The van der Waals surface area contributed by atoms with Gasteiger partial charge in [0.15, 0.2) is 0 Å². The van der Waals surface area contributed by atoms with E-state index in [2.05, 4.69) is 15.5 Å². The first kappa shape index (κ1) is 27.9. The lowest BCUT2D eigenvalue weighted by Crippen LogP contribution is -2.46. The Hall–Kier alpha value is -1.10. The number of rotatable bonds is 9. The highest BCUT2D eigenvalue weighted by Crippen LogP contribution is 2.30. The highest BCUT2D eigenvalue weighted by Gasteiger charge is 2.26. The van der Waals surface area contributed by atoms with Gasteiger partial charge in [-0.1, -0.05) is 13.8 Å². The third-order valence-corrected chi connectivity index (χ3v) is 6.50. The second-order valence-corrected chi connectivity index (χ2v) is 8.16. The second kappa shape index (κ2) is 13.3. The van der Waals surface area contributed by atoms with E-state index < -0.39 is 10.0 Å². The van der Waals surface area contributed by atoms with Gasteiger partial charge in [0.05, 0.1) is 13.2 Å². The van der Waals surface area contributed by atoms with E-state index in [9.17, 15) is 13.2 Å². The Morgan fingerprint density at radius 3 is 2.34 bits per heavy atom. The molecular formula is C18H32Cl2N4O4S. The van der Waals surface area contributed by atoms with Crippen LogP contribution in [0, 0.1) is 0 Å². The summed E-state index contributed by atoms with van der Waals surface area (Å²) in [6, 6.07) is 4.75. The molecule has 0 aliphatic carbocycles. The zero-order chi connectivity index (χ0) is 19.9. The number of piperazine rings is 1. The van der Waals surface area contributed by atoms with E-state index in [1.165, 1.54) is 10.4 Å². The molecule has 1 aliphatic heterocycles. The quantitative estimate of drug-likeness (QED) is 0.571. The van der Waals surface area contributed by atoms with Gasteiger partial charge in [-0.05, 0) is 25.1 Å². The van der Waals surface area contributed by atoms with E-state index in [4.69, 9.17) is 4.74 Å². The number of ether oxygens (including phenoxy) is 1. The predicted octanol–water partition coefficient (Wildman–Crippen LogP) is 1.80. The topological polar surface area (TPSA) is 91.0 Å². The van der Waals surface area contributed by atoms with Crippen LogP contribution in [0.15, 0.2) is 23.1 Å². The molecule has 0 aromatic heterocycles. The van der Waals surface area contributed by atoms with E-state index >= 15 is 0 Å². The average molecular weight is 471 g/mol. The molecule has 2 rings (SSSR count). The van der Waals surface area contributed by atoms with Crippen LogP contribution in [0.4, 0.5) is 5.69 Å². The second-order valence-electron chi connectivity index (χ2n) is 6.26. The maximum Gasteiger partial charge on any atom is 0.246 e. The number of carbonyl (C=O) groups is 1. The molecule has 11 heteroatoms. The van der Waals surface area contributed by atoms with Crippen molar-refractivity contribution in [2.45, 2.75) is 25.7 Å². The molecule has 0 bridgehead atoms. The van der Waals surface area contributed by atoms with Crippen LogP contribution in [0.2, 0.25) is 0 Å². The highest BCUT2D eigenvalue weighted by atomic mass is 35.5. The van der Waals surface area contributed by atoms with Crippen LogP contribution in [0.1, 0.15) is 20.8 Å². The number of benzene rings is 1. The van der Waals surface area contributed by atoms with Crippen LogP contribution in [0.3, 0.4) is 0 Å². The molecule has 168 valence electrons. The van der Waals surface area contributed by atoms with Crippen molar-refractivity contribution in [3.63, 3.8) is 0 Å². The summed E-state index contributed by atoms with van der Waals surface area (Å²) in [6.45, 7) is 10.1. The van der Waals surface area contributed by atoms with Crippen molar-refractivity contribution in [3.8, 4) is 5.75 Å². The Balaban J connectivity index is 0.00000392. The molecule has 0 unspecified atom stereocenters. The van der Waals surface area contributed by atoms with Crippen molar-refractivity contribution < 1.29 is 17.9 Å². The molecule has 2 N–H and O–H groups in total. The van der Waals surface area contributed by atoms with Gasteiger partial charge in [-0.3, -0.25) is 9.69 Å². The molecule has 0 radical (unpaired) electrons. The fourth-order valence-corrected chi connectivity index (χ4v) is 4.65. The minimum Gasteiger partial charge on any atom is -0.492 e. The number of anilines is 1. The van der Waals surface area contributed by atoms with Crippen molar-refractivity contribution >= 4 is 46.4 Å². The van der Waals surface area contributed by atoms with Crippen LogP contribution in [-0.2, 0) is 14.8 Å². The molecule has 1 saturated heterocycles. The Bertz CT molecular complexity index is 739. The number of hydrogen-bond donors (Lipinski definition) is 2. The van der Waals surface area contributed by atoms with Crippen LogP contribution in [-0.4, -0.2) is 76.0 Å². The van der Waals surface area contributed by atoms with E-state index in [0.29, 0.717) is 31.1 Å². The smallest absolute Gasteiger partial charge is 0.246 e. The van der Waals surface area contributed by atoms with Crippen molar-refractivity contribution in [1.82, 2.24) is 14.5 Å². The maximum atomic E-state index is 13.0. The number of nitrogens with zero attached hydrogens (tertiary/aromatic N) is 2. The number of sulfonamides is 1. The minimum atomic E-state index is -3.70. The van der Waals surface area contributed by atoms with Gasteiger partial charge in [0.2, 0.25) is 15.9 Å². The van der Waals surface area contributed by atoms with Gasteiger partial charge in [-0.15, -0.1) is 24.8 Å². The van der Waals surface area contributed by atoms with E-state index in [-0.39, 0.29) is 42.2 Å². The predicted molar refractivity (Wildman–Crippen MR) is 120 cm³/mol. The molecule has 0 spiro atoms. The molecule has 0 atom stereocenters. The largest absolute Gasteiger partial charge is 0.492 e. The lowest BCUT2D eigenvalue weighted by molar-refractivity contribution is -0.117. The van der Waals surface area contributed by atoms with E-state index in [0.717, 1.165) is 26.2 Å². The van der Waals surface area contributed by atoms with Crippen LogP contribution < -0.4 is 15.4 Å². The Morgan fingerprint density at radius 1 is 1.17 bits per heavy atom. The van der Waals surface area contributed by atoms with E-state index in [1.807, 2.05) is 0 Å². The summed E-state index contributed by atoms with van der Waals surface area (Å²) in [4.78, 5) is 14.5. The Kier molecular flexibility index (Phi) is 12.7. The number of amides is 1. The van der Waals surface area contributed by atoms with Crippen molar-refractivity contribution in [2.75, 3.05) is 57.7 Å². The van der Waals surface area contributed by atoms with E-state index in [1.54, 1.807) is 32.9 Å². The van der Waals surface area contributed by atoms with Crippen LogP contribution in [0.25, 0.3) is 0 Å². The molecule has 29 heavy (non-hydrogen) atoms. The third kappa shape index (κ3) is 7.58. The number of nitrogens with one attached hydrogen (secondary N) is 2. The normalized spacial score (nSPS) is 14.6. The molecule has 1 aromatic carbocycles. The highest BCUT2D eigenvalue weighted by molar-refractivity contribution is 7.89. The Morgan fingerprint density at radius 2 is 1.79 bits per heavy atom. The summed E-state index contributed by atoms with van der Waals surface area (Å²) in [6.07, 6.45) is 0. The van der Waals surface area contributed by atoms with Gasteiger partial charge in [-0.25, -0.2) is 8.42 Å². The lowest BCUT2D eigenvalue weighted by Gasteiger charge is -2.26. The molecule has 1 fully saturated rings. The number of carbonyl (C=O) groups excluding carboxylic acids is 1. The fourth-order valence-electron chi connectivity index (χ4n) is 3.04. The van der Waals surface area contributed by atoms with Gasteiger partial charge in [0, 0.05) is 45.0 Å². The van der Waals surface area contributed by atoms with Gasteiger partial charge in [0.1, 0.15) is 10.6 Å². The fraction of sp³-hybridized carbons (Fsp3) is 0.611. The summed E-state index contributed by atoms with van der Waals surface area (Å²) in [7, 11) is -3.70. The van der Waals surface area contributed by atoms with Crippen molar-refractivity contribution in [1.29, 1.82) is 0 Å². The van der Waals surface area contributed by atoms with Crippen LogP contribution in [0.5, 0.6) is 5.75 Å². The zero-order valence-corrected chi connectivity index (χ0v) is 19.6. The zero-order valence-electron chi connectivity index (χ0n) is 17.1. The summed E-state index contributed by atoms with van der Waals surface area (Å²) < 4.78 is 32.8. The summed E-state index contributed by atoms with van der Waals surface area (Å²) in [5, 5.41) is 6.05.